The normalized spacial score (nSPS) is 21.6. The van der Waals surface area contributed by atoms with Crippen molar-refractivity contribution in [3.05, 3.63) is 22.7 Å². The van der Waals surface area contributed by atoms with Crippen LogP contribution in [0.3, 0.4) is 0 Å². The van der Waals surface area contributed by atoms with E-state index in [1.54, 1.807) is 0 Å². The maximum atomic E-state index is 12.3. The van der Waals surface area contributed by atoms with Crippen molar-refractivity contribution in [2.24, 2.45) is 5.92 Å². The second kappa shape index (κ2) is 7.05. The number of carbonyl (C=O) groups is 2. The molecule has 0 atom stereocenters. The van der Waals surface area contributed by atoms with Crippen molar-refractivity contribution in [2.75, 3.05) is 0 Å². The number of carbonyl (C=O) groups excluding carboxylic acids is 1. The van der Waals surface area contributed by atoms with Crippen LogP contribution >= 0.6 is 11.6 Å². The summed E-state index contributed by atoms with van der Waals surface area (Å²) in [5, 5.41) is 12.1. The summed E-state index contributed by atoms with van der Waals surface area (Å²) in [4.78, 5) is 31.6. The lowest BCUT2D eigenvalue weighted by molar-refractivity contribution is -0.142. The Morgan fingerprint density at radius 1 is 1.32 bits per heavy atom. The minimum atomic E-state index is -0.759. The van der Waals surface area contributed by atoms with Crippen molar-refractivity contribution in [3.8, 4) is 0 Å². The maximum Gasteiger partial charge on any atom is 0.306 e. The molecule has 0 radical (unpaired) electrons. The van der Waals surface area contributed by atoms with Gasteiger partial charge in [0, 0.05) is 12.0 Å². The molecule has 0 aliphatic heterocycles. The SMILES string of the molecule is CC(C)c1ncc(Cl)c(C(=O)NC2CCC(C(=O)O)CC2)n1. The van der Waals surface area contributed by atoms with Gasteiger partial charge in [-0.1, -0.05) is 25.4 Å². The molecule has 2 N–H and O–H groups in total. The van der Waals surface area contributed by atoms with Gasteiger partial charge >= 0.3 is 5.97 Å². The first-order valence-corrected chi connectivity index (χ1v) is 7.82. The third-order valence-electron chi connectivity index (χ3n) is 3.91. The first kappa shape index (κ1) is 16.7. The molecule has 1 aromatic heterocycles. The van der Waals surface area contributed by atoms with E-state index in [0.29, 0.717) is 31.5 Å². The van der Waals surface area contributed by atoms with Crippen molar-refractivity contribution in [1.29, 1.82) is 0 Å². The highest BCUT2D eigenvalue weighted by Gasteiger charge is 2.27. The number of hydrogen-bond acceptors (Lipinski definition) is 4. The van der Waals surface area contributed by atoms with Crippen LogP contribution in [0.2, 0.25) is 5.02 Å². The highest BCUT2D eigenvalue weighted by atomic mass is 35.5. The van der Waals surface area contributed by atoms with E-state index in [1.807, 2.05) is 13.8 Å². The van der Waals surface area contributed by atoms with Gasteiger partial charge in [0.1, 0.15) is 11.5 Å². The van der Waals surface area contributed by atoms with E-state index in [-0.39, 0.29) is 34.5 Å². The third kappa shape index (κ3) is 3.94. The molecule has 6 nitrogen and oxygen atoms in total. The lowest BCUT2D eigenvalue weighted by Gasteiger charge is -2.26. The molecule has 120 valence electrons. The molecule has 0 saturated heterocycles. The summed E-state index contributed by atoms with van der Waals surface area (Å²) in [5.74, 6) is -0.708. The fourth-order valence-corrected chi connectivity index (χ4v) is 2.73. The molecule has 0 aromatic carbocycles. The van der Waals surface area contributed by atoms with Crippen LogP contribution in [0.5, 0.6) is 0 Å². The van der Waals surface area contributed by atoms with Gasteiger partial charge < -0.3 is 10.4 Å². The Balaban J connectivity index is 2.01. The van der Waals surface area contributed by atoms with E-state index in [9.17, 15) is 9.59 Å². The summed E-state index contributed by atoms with van der Waals surface area (Å²) >= 11 is 6.01. The molecular formula is C15H20ClN3O3. The van der Waals surface area contributed by atoms with E-state index >= 15 is 0 Å². The number of halogens is 1. The fraction of sp³-hybridized carbons (Fsp3) is 0.600. The van der Waals surface area contributed by atoms with Gasteiger partial charge in [0.05, 0.1) is 17.1 Å². The van der Waals surface area contributed by atoms with Crippen LogP contribution < -0.4 is 5.32 Å². The van der Waals surface area contributed by atoms with Crippen molar-refractivity contribution >= 4 is 23.5 Å². The molecule has 0 unspecified atom stereocenters. The largest absolute Gasteiger partial charge is 0.481 e. The summed E-state index contributed by atoms with van der Waals surface area (Å²) in [6.07, 6.45) is 3.91. The van der Waals surface area contributed by atoms with Gasteiger partial charge in [-0.25, -0.2) is 9.97 Å². The van der Waals surface area contributed by atoms with Gasteiger partial charge in [0.15, 0.2) is 0 Å². The molecule has 0 bridgehead atoms. The topological polar surface area (TPSA) is 92.2 Å². The Hall–Kier alpha value is -1.69. The lowest BCUT2D eigenvalue weighted by atomic mass is 9.86. The van der Waals surface area contributed by atoms with Gasteiger partial charge in [0.25, 0.3) is 5.91 Å². The van der Waals surface area contributed by atoms with Gasteiger partial charge in [-0.3, -0.25) is 9.59 Å². The van der Waals surface area contributed by atoms with Crippen LogP contribution in [0.15, 0.2) is 6.20 Å². The van der Waals surface area contributed by atoms with Gasteiger partial charge in [0.2, 0.25) is 0 Å². The van der Waals surface area contributed by atoms with Crippen LogP contribution in [0, 0.1) is 5.92 Å². The third-order valence-corrected chi connectivity index (χ3v) is 4.18. The molecule has 1 aliphatic rings. The van der Waals surface area contributed by atoms with E-state index in [1.165, 1.54) is 6.20 Å². The molecular weight excluding hydrogens is 306 g/mol. The predicted molar refractivity (Wildman–Crippen MR) is 82.0 cm³/mol. The molecule has 22 heavy (non-hydrogen) atoms. The molecule has 2 rings (SSSR count). The first-order chi connectivity index (χ1) is 10.4. The number of carboxylic acids is 1. The van der Waals surface area contributed by atoms with Crippen LogP contribution in [-0.4, -0.2) is 33.0 Å². The number of rotatable bonds is 4. The Morgan fingerprint density at radius 3 is 2.50 bits per heavy atom. The zero-order chi connectivity index (χ0) is 16.3. The zero-order valence-electron chi connectivity index (χ0n) is 12.7. The van der Waals surface area contributed by atoms with E-state index in [2.05, 4.69) is 15.3 Å². The van der Waals surface area contributed by atoms with Crippen molar-refractivity contribution in [1.82, 2.24) is 15.3 Å². The number of hydrogen-bond donors (Lipinski definition) is 2. The molecule has 1 heterocycles. The highest BCUT2D eigenvalue weighted by molar-refractivity contribution is 6.33. The van der Waals surface area contributed by atoms with Crippen LogP contribution in [0.25, 0.3) is 0 Å². The quantitative estimate of drug-likeness (QED) is 0.887. The average molecular weight is 326 g/mol. The number of carboxylic acid groups (broad SMARTS) is 1. The van der Waals surface area contributed by atoms with E-state index in [4.69, 9.17) is 16.7 Å². The standard InChI is InChI=1S/C15H20ClN3O3/c1-8(2)13-17-7-11(16)12(19-13)14(20)18-10-5-3-9(4-6-10)15(21)22/h7-10H,3-6H2,1-2H3,(H,18,20)(H,21,22). The van der Waals surface area contributed by atoms with Gasteiger partial charge in [-0.05, 0) is 25.7 Å². The number of aliphatic carboxylic acids is 1. The molecule has 1 aromatic rings. The Morgan fingerprint density at radius 2 is 1.95 bits per heavy atom. The summed E-state index contributed by atoms with van der Waals surface area (Å²) in [5.41, 5.74) is 0.181. The van der Waals surface area contributed by atoms with Crippen molar-refractivity contribution < 1.29 is 14.7 Å². The molecule has 1 fully saturated rings. The monoisotopic (exact) mass is 325 g/mol. The fourth-order valence-electron chi connectivity index (χ4n) is 2.56. The highest BCUT2D eigenvalue weighted by Crippen LogP contribution is 2.25. The molecule has 7 heteroatoms. The molecule has 1 saturated carbocycles. The minimum absolute atomic E-state index is 0.0309. The number of nitrogens with one attached hydrogen (secondary N) is 1. The van der Waals surface area contributed by atoms with Crippen molar-refractivity contribution in [2.45, 2.75) is 51.5 Å². The summed E-state index contributed by atoms with van der Waals surface area (Å²) < 4.78 is 0. The van der Waals surface area contributed by atoms with Gasteiger partial charge in [-0.2, -0.15) is 0 Å². The number of nitrogens with zero attached hydrogens (tertiary/aromatic N) is 2. The minimum Gasteiger partial charge on any atom is -0.481 e. The number of aromatic nitrogens is 2. The van der Waals surface area contributed by atoms with Crippen LogP contribution in [-0.2, 0) is 4.79 Å². The average Bonchev–Trinajstić information content (AvgIpc) is 2.47. The van der Waals surface area contributed by atoms with E-state index < -0.39 is 5.97 Å². The maximum absolute atomic E-state index is 12.3. The summed E-state index contributed by atoms with van der Waals surface area (Å²) in [6, 6.07) is -0.0309. The van der Waals surface area contributed by atoms with Gasteiger partial charge in [-0.15, -0.1) is 0 Å². The summed E-state index contributed by atoms with van der Waals surface area (Å²) in [6.45, 7) is 3.89. The lowest BCUT2D eigenvalue weighted by Crippen LogP contribution is -2.39. The zero-order valence-corrected chi connectivity index (χ0v) is 13.4. The molecule has 0 spiro atoms. The smallest absolute Gasteiger partial charge is 0.306 e. The van der Waals surface area contributed by atoms with E-state index in [0.717, 1.165) is 0 Å². The first-order valence-electron chi connectivity index (χ1n) is 7.44. The Kier molecular flexibility index (Phi) is 5.34. The summed E-state index contributed by atoms with van der Waals surface area (Å²) in [7, 11) is 0. The number of amides is 1. The van der Waals surface area contributed by atoms with Crippen LogP contribution in [0.4, 0.5) is 0 Å². The second-order valence-electron chi connectivity index (χ2n) is 5.94. The Bertz CT molecular complexity index is 569. The van der Waals surface area contributed by atoms with Crippen LogP contribution in [0.1, 0.15) is 61.8 Å². The molecule has 1 aliphatic carbocycles. The predicted octanol–water partition coefficient (Wildman–Crippen LogP) is 2.63. The second-order valence-corrected chi connectivity index (χ2v) is 6.35. The Labute approximate surface area is 134 Å². The van der Waals surface area contributed by atoms with Crippen molar-refractivity contribution in [3.63, 3.8) is 0 Å². The molecule has 1 amide bonds.